The van der Waals surface area contributed by atoms with Crippen LogP contribution in [-0.4, -0.2) is 81.7 Å². The van der Waals surface area contributed by atoms with Gasteiger partial charge in [0.2, 0.25) is 0 Å². The molecule has 26 heavy (non-hydrogen) atoms. The van der Waals surface area contributed by atoms with Crippen molar-refractivity contribution in [2.45, 2.75) is 52.4 Å². The molecule has 0 radical (unpaired) electrons. The van der Waals surface area contributed by atoms with E-state index in [9.17, 15) is 9.59 Å². The summed E-state index contributed by atoms with van der Waals surface area (Å²) in [6.07, 6.45) is 0.692. The molecular weight excluding hydrogens is 376 g/mol. The van der Waals surface area contributed by atoms with Gasteiger partial charge in [0.1, 0.15) is 30.9 Å². The Labute approximate surface area is 160 Å². The number of hydrogen-bond acceptors (Lipinski definition) is 8. The molecule has 0 aliphatic carbocycles. The van der Waals surface area contributed by atoms with E-state index >= 15 is 0 Å². The molecule has 154 valence electrons. The SMILES string of the molecule is CCOC(OCC)[SiH2]COC(=O)CCC(=O)OC[SiH2]C(OCC)OCC. The second-order valence-corrected chi connectivity index (χ2v) is 8.50. The first-order chi connectivity index (χ1) is 12.6. The average Bonchev–Trinajstić information content (AvgIpc) is 2.60. The Morgan fingerprint density at radius 2 is 0.962 bits per heavy atom. The fourth-order valence-corrected chi connectivity index (χ4v) is 4.74. The smallest absolute Gasteiger partial charge is 0.306 e. The molecule has 0 aromatic carbocycles. The molecule has 0 saturated carbocycles. The van der Waals surface area contributed by atoms with E-state index in [0.717, 1.165) is 0 Å². The quantitative estimate of drug-likeness (QED) is 0.185. The Balaban J connectivity index is 3.82. The Bertz CT molecular complexity index is 324. The molecule has 0 rings (SSSR count). The van der Waals surface area contributed by atoms with E-state index in [0.29, 0.717) is 38.9 Å². The summed E-state index contributed by atoms with van der Waals surface area (Å²) in [5.41, 5.74) is 0. The molecule has 0 aliphatic heterocycles. The number of ether oxygens (including phenoxy) is 6. The van der Waals surface area contributed by atoms with Crippen molar-refractivity contribution in [3.05, 3.63) is 0 Å². The van der Waals surface area contributed by atoms with Gasteiger partial charge in [0.05, 0.1) is 25.3 Å². The van der Waals surface area contributed by atoms with Crippen molar-refractivity contribution in [3.63, 3.8) is 0 Å². The summed E-state index contributed by atoms with van der Waals surface area (Å²) >= 11 is 0. The predicted molar refractivity (Wildman–Crippen MR) is 102 cm³/mol. The van der Waals surface area contributed by atoms with Crippen LogP contribution in [-0.2, 0) is 38.0 Å². The lowest BCUT2D eigenvalue weighted by Gasteiger charge is -2.16. The second-order valence-electron chi connectivity index (χ2n) is 5.20. The van der Waals surface area contributed by atoms with Gasteiger partial charge in [-0.2, -0.15) is 0 Å². The molecule has 0 fully saturated rings. The minimum Gasteiger partial charge on any atom is -0.470 e. The van der Waals surface area contributed by atoms with Crippen molar-refractivity contribution in [2.24, 2.45) is 0 Å². The highest BCUT2D eigenvalue weighted by atomic mass is 28.2. The highest BCUT2D eigenvalue weighted by Gasteiger charge is 2.14. The van der Waals surface area contributed by atoms with Gasteiger partial charge < -0.3 is 28.4 Å². The molecule has 0 unspecified atom stereocenters. The van der Waals surface area contributed by atoms with Crippen LogP contribution in [0.3, 0.4) is 0 Å². The van der Waals surface area contributed by atoms with Gasteiger partial charge in [0, 0.05) is 26.4 Å². The van der Waals surface area contributed by atoms with Gasteiger partial charge in [-0.1, -0.05) is 0 Å². The van der Waals surface area contributed by atoms with Crippen LogP contribution in [0.4, 0.5) is 0 Å². The minimum absolute atomic E-state index is 0.0169. The van der Waals surface area contributed by atoms with Crippen LogP contribution in [0.5, 0.6) is 0 Å². The predicted octanol–water partition coefficient (Wildman–Crippen LogP) is -0.181. The van der Waals surface area contributed by atoms with Crippen LogP contribution < -0.4 is 0 Å². The van der Waals surface area contributed by atoms with Gasteiger partial charge in [0.25, 0.3) is 0 Å². The summed E-state index contributed by atoms with van der Waals surface area (Å²) in [6, 6.07) is 0. The molecule has 0 heterocycles. The van der Waals surface area contributed by atoms with Gasteiger partial charge in [-0.15, -0.1) is 0 Å². The molecule has 0 aliphatic rings. The monoisotopic (exact) mass is 410 g/mol. The van der Waals surface area contributed by atoms with Crippen LogP contribution in [0.15, 0.2) is 0 Å². The molecule has 0 saturated heterocycles. The average molecular weight is 411 g/mol. The van der Waals surface area contributed by atoms with Crippen molar-refractivity contribution in [1.82, 2.24) is 0 Å². The molecule has 0 aromatic heterocycles. The van der Waals surface area contributed by atoms with E-state index in [1.165, 1.54) is 0 Å². The Hall–Kier alpha value is -0.786. The first kappa shape index (κ1) is 25.2. The van der Waals surface area contributed by atoms with E-state index in [4.69, 9.17) is 28.4 Å². The lowest BCUT2D eigenvalue weighted by Crippen LogP contribution is -2.29. The lowest BCUT2D eigenvalue weighted by atomic mass is 10.3. The molecule has 0 spiro atoms. The van der Waals surface area contributed by atoms with Crippen molar-refractivity contribution < 1.29 is 38.0 Å². The third-order valence-electron chi connectivity index (χ3n) is 3.18. The van der Waals surface area contributed by atoms with Crippen LogP contribution in [0, 0.1) is 0 Å². The summed E-state index contributed by atoms with van der Waals surface area (Å²) in [7, 11) is -1.67. The van der Waals surface area contributed by atoms with Gasteiger partial charge in [-0.25, -0.2) is 0 Å². The molecule has 0 aromatic rings. The largest absolute Gasteiger partial charge is 0.470 e. The van der Waals surface area contributed by atoms with E-state index in [1.54, 1.807) is 0 Å². The van der Waals surface area contributed by atoms with Gasteiger partial charge >= 0.3 is 11.9 Å². The minimum atomic E-state index is -0.835. The molecule has 8 nitrogen and oxygen atoms in total. The zero-order chi connectivity index (χ0) is 19.6. The Morgan fingerprint density at radius 1 is 0.654 bits per heavy atom. The molecule has 0 atom stereocenters. The molecule has 0 amide bonds. The summed E-state index contributed by atoms with van der Waals surface area (Å²) in [6.45, 7) is 9.83. The van der Waals surface area contributed by atoms with Crippen LogP contribution in [0.25, 0.3) is 0 Å². The van der Waals surface area contributed by atoms with Crippen LogP contribution in [0.2, 0.25) is 0 Å². The lowest BCUT2D eigenvalue weighted by molar-refractivity contribution is -0.148. The molecule has 0 N–H and O–H groups in total. The maximum absolute atomic E-state index is 11.7. The van der Waals surface area contributed by atoms with Crippen molar-refractivity contribution >= 4 is 31.0 Å². The van der Waals surface area contributed by atoms with Crippen molar-refractivity contribution in [3.8, 4) is 0 Å². The second kappa shape index (κ2) is 17.6. The highest BCUT2D eigenvalue weighted by Crippen LogP contribution is 1.99. The summed E-state index contributed by atoms with van der Waals surface area (Å²) in [5.74, 6) is -1.28. The first-order valence-electron chi connectivity index (χ1n) is 9.34. The first-order valence-corrected chi connectivity index (χ1v) is 13.0. The van der Waals surface area contributed by atoms with E-state index in [2.05, 4.69) is 0 Å². The van der Waals surface area contributed by atoms with E-state index in [-0.39, 0.29) is 24.7 Å². The number of rotatable bonds is 17. The molecule has 0 bridgehead atoms. The maximum Gasteiger partial charge on any atom is 0.306 e. The fourth-order valence-electron chi connectivity index (χ4n) is 2.06. The zero-order valence-corrected chi connectivity index (χ0v) is 19.3. The summed E-state index contributed by atoms with van der Waals surface area (Å²) < 4.78 is 32.0. The Morgan fingerprint density at radius 3 is 1.23 bits per heavy atom. The fraction of sp³-hybridized carbons (Fsp3) is 0.875. The highest BCUT2D eigenvalue weighted by molar-refractivity contribution is 6.36. The zero-order valence-electron chi connectivity index (χ0n) is 16.5. The Kier molecular flexibility index (Phi) is 17.1. The van der Waals surface area contributed by atoms with Gasteiger partial charge in [0.15, 0.2) is 0 Å². The van der Waals surface area contributed by atoms with Crippen LogP contribution >= 0.6 is 0 Å². The standard InChI is InChI=1S/C16H34O8Si2/c1-5-19-15(20-6-2)25-11-23-13(17)9-10-14(18)24-12-26-16(21-7-3)22-8-4/h15-16H,5-12,25-26H2,1-4H3. The number of carbonyl (C=O) groups excluding carboxylic acids is 2. The third-order valence-corrected chi connectivity index (χ3v) is 5.94. The topological polar surface area (TPSA) is 89.5 Å². The molecule has 10 heteroatoms. The van der Waals surface area contributed by atoms with Crippen molar-refractivity contribution in [1.29, 1.82) is 0 Å². The third kappa shape index (κ3) is 14.4. The van der Waals surface area contributed by atoms with E-state index in [1.807, 2.05) is 27.7 Å². The molecular formula is C16H34O8Si2. The van der Waals surface area contributed by atoms with Gasteiger partial charge in [-0.3, -0.25) is 9.59 Å². The number of carbonyl (C=O) groups is 2. The normalized spacial score (nSPS) is 12.1. The number of hydrogen-bond donors (Lipinski definition) is 0. The van der Waals surface area contributed by atoms with Gasteiger partial charge in [-0.05, 0) is 27.7 Å². The van der Waals surface area contributed by atoms with Crippen LogP contribution in [0.1, 0.15) is 40.5 Å². The summed E-state index contributed by atoms with van der Waals surface area (Å²) in [5, 5.41) is 0. The number of esters is 2. The maximum atomic E-state index is 11.7. The van der Waals surface area contributed by atoms with E-state index < -0.39 is 31.0 Å². The van der Waals surface area contributed by atoms with Crippen molar-refractivity contribution in [2.75, 3.05) is 38.9 Å². The summed E-state index contributed by atoms with van der Waals surface area (Å²) in [4.78, 5) is 23.4.